The predicted octanol–water partition coefficient (Wildman–Crippen LogP) is 1.18. The Morgan fingerprint density at radius 2 is 2.11 bits per heavy atom. The summed E-state index contributed by atoms with van der Waals surface area (Å²) >= 11 is 0. The summed E-state index contributed by atoms with van der Waals surface area (Å²) in [6, 6.07) is 0. The first-order valence-electron chi connectivity index (χ1n) is 6.91. The summed E-state index contributed by atoms with van der Waals surface area (Å²) in [6.45, 7) is 8.41. The van der Waals surface area contributed by atoms with Gasteiger partial charge in [0, 0.05) is 38.6 Å². The van der Waals surface area contributed by atoms with Gasteiger partial charge >= 0.3 is 0 Å². The van der Waals surface area contributed by atoms with Crippen molar-refractivity contribution in [3.8, 4) is 0 Å². The van der Waals surface area contributed by atoms with Gasteiger partial charge in [0.25, 0.3) is 5.91 Å². The SMILES string of the molecule is C[C@H]1C[C@H](C)CN(CCNC(=O)c2cnccn2)C1. The molecule has 0 radical (unpaired) electrons. The first kappa shape index (κ1) is 13.9. The van der Waals surface area contributed by atoms with Gasteiger partial charge in [0.1, 0.15) is 5.69 Å². The molecule has 0 spiro atoms. The van der Waals surface area contributed by atoms with Crippen LogP contribution in [0.5, 0.6) is 0 Å². The molecule has 0 unspecified atom stereocenters. The van der Waals surface area contributed by atoms with Gasteiger partial charge in [-0.3, -0.25) is 9.78 Å². The summed E-state index contributed by atoms with van der Waals surface area (Å²) in [5.41, 5.74) is 0.378. The third-order valence-corrected chi connectivity index (χ3v) is 3.45. The van der Waals surface area contributed by atoms with E-state index < -0.39 is 0 Å². The molecular weight excluding hydrogens is 240 g/mol. The van der Waals surface area contributed by atoms with Gasteiger partial charge in [0.2, 0.25) is 0 Å². The molecular formula is C14H22N4O. The van der Waals surface area contributed by atoms with E-state index in [-0.39, 0.29) is 5.91 Å². The lowest BCUT2D eigenvalue weighted by molar-refractivity contribution is 0.0931. The number of likely N-dealkylation sites (tertiary alicyclic amines) is 1. The van der Waals surface area contributed by atoms with Gasteiger partial charge in [0.05, 0.1) is 6.20 Å². The van der Waals surface area contributed by atoms with Crippen molar-refractivity contribution in [3.63, 3.8) is 0 Å². The van der Waals surface area contributed by atoms with Crippen LogP contribution in [0.3, 0.4) is 0 Å². The minimum absolute atomic E-state index is 0.147. The normalized spacial score (nSPS) is 24.1. The number of nitrogens with one attached hydrogen (secondary N) is 1. The number of piperidine rings is 1. The van der Waals surface area contributed by atoms with Crippen LogP contribution in [0.4, 0.5) is 0 Å². The van der Waals surface area contributed by atoms with E-state index >= 15 is 0 Å². The summed E-state index contributed by atoms with van der Waals surface area (Å²) in [4.78, 5) is 22.1. The van der Waals surface area contributed by atoms with E-state index in [0.717, 1.165) is 31.5 Å². The average molecular weight is 262 g/mol. The van der Waals surface area contributed by atoms with E-state index in [9.17, 15) is 4.79 Å². The number of rotatable bonds is 4. The van der Waals surface area contributed by atoms with Gasteiger partial charge in [-0.05, 0) is 18.3 Å². The highest BCUT2D eigenvalue weighted by Crippen LogP contribution is 2.20. The van der Waals surface area contributed by atoms with E-state index in [2.05, 4.69) is 34.0 Å². The minimum atomic E-state index is -0.147. The standard InChI is InChI=1S/C14H22N4O/c1-11-7-12(2)10-18(9-11)6-5-17-14(19)13-8-15-3-4-16-13/h3-4,8,11-12H,5-7,9-10H2,1-2H3,(H,17,19)/t11-,12-/m0/s1. The highest BCUT2D eigenvalue weighted by molar-refractivity contribution is 5.91. The van der Waals surface area contributed by atoms with Crippen molar-refractivity contribution in [1.29, 1.82) is 0 Å². The van der Waals surface area contributed by atoms with E-state index in [4.69, 9.17) is 0 Å². The third kappa shape index (κ3) is 4.28. The molecule has 19 heavy (non-hydrogen) atoms. The molecule has 5 nitrogen and oxygen atoms in total. The smallest absolute Gasteiger partial charge is 0.271 e. The molecule has 1 aromatic heterocycles. The first-order chi connectivity index (χ1) is 9.15. The van der Waals surface area contributed by atoms with Crippen LogP contribution in [0, 0.1) is 11.8 Å². The Hall–Kier alpha value is -1.49. The average Bonchev–Trinajstić information content (AvgIpc) is 2.38. The fourth-order valence-electron chi connectivity index (χ4n) is 2.81. The molecule has 2 heterocycles. The second kappa shape index (κ2) is 6.61. The van der Waals surface area contributed by atoms with Crippen molar-refractivity contribution < 1.29 is 4.79 Å². The van der Waals surface area contributed by atoms with Gasteiger partial charge in [-0.1, -0.05) is 13.8 Å². The van der Waals surface area contributed by atoms with E-state index in [1.54, 1.807) is 6.20 Å². The Labute approximate surface area is 114 Å². The zero-order valence-corrected chi connectivity index (χ0v) is 11.7. The van der Waals surface area contributed by atoms with Crippen LogP contribution >= 0.6 is 0 Å². The number of hydrogen-bond acceptors (Lipinski definition) is 4. The quantitative estimate of drug-likeness (QED) is 0.885. The maximum absolute atomic E-state index is 11.8. The Morgan fingerprint density at radius 1 is 1.37 bits per heavy atom. The van der Waals surface area contributed by atoms with Crippen molar-refractivity contribution in [2.45, 2.75) is 20.3 Å². The maximum Gasteiger partial charge on any atom is 0.271 e. The van der Waals surface area contributed by atoms with Gasteiger partial charge < -0.3 is 10.2 Å². The molecule has 0 aliphatic carbocycles. The monoisotopic (exact) mass is 262 g/mol. The molecule has 0 bridgehead atoms. The Balaban J connectivity index is 1.73. The zero-order chi connectivity index (χ0) is 13.7. The van der Waals surface area contributed by atoms with Crippen LogP contribution in [-0.4, -0.2) is 47.0 Å². The summed E-state index contributed by atoms with van der Waals surface area (Å²) in [6.07, 6.45) is 5.89. The summed E-state index contributed by atoms with van der Waals surface area (Å²) in [5.74, 6) is 1.35. The van der Waals surface area contributed by atoms with Crippen molar-refractivity contribution in [3.05, 3.63) is 24.3 Å². The van der Waals surface area contributed by atoms with Crippen LogP contribution in [-0.2, 0) is 0 Å². The molecule has 104 valence electrons. The second-order valence-corrected chi connectivity index (χ2v) is 5.55. The van der Waals surface area contributed by atoms with Gasteiger partial charge in [-0.25, -0.2) is 4.98 Å². The number of carbonyl (C=O) groups is 1. The molecule has 1 fully saturated rings. The lowest BCUT2D eigenvalue weighted by Gasteiger charge is -2.34. The van der Waals surface area contributed by atoms with Gasteiger partial charge in [-0.15, -0.1) is 0 Å². The molecule has 0 saturated carbocycles. The van der Waals surface area contributed by atoms with E-state index in [1.807, 2.05) is 0 Å². The van der Waals surface area contributed by atoms with Gasteiger partial charge in [-0.2, -0.15) is 0 Å². The highest BCUT2D eigenvalue weighted by atomic mass is 16.1. The van der Waals surface area contributed by atoms with Crippen molar-refractivity contribution in [2.75, 3.05) is 26.2 Å². The molecule has 2 rings (SSSR count). The van der Waals surface area contributed by atoms with Crippen LogP contribution in [0.15, 0.2) is 18.6 Å². The molecule has 0 aromatic carbocycles. The molecule has 1 aromatic rings. The molecule has 1 saturated heterocycles. The summed E-state index contributed by atoms with van der Waals surface area (Å²) < 4.78 is 0. The molecule has 1 amide bonds. The van der Waals surface area contributed by atoms with Crippen molar-refractivity contribution >= 4 is 5.91 Å². The van der Waals surface area contributed by atoms with E-state index in [0.29, 0.717) is 12.2 Å². The first-order valence-corrected chi connectivity index (χ1v) is 6.91. The predicted molar refractivity (Wildman–Crippen MR) is 73.8 cm³/mol. The number of aromatic nitrogens is 2. The zero-order valence-electron chi connectivity index (χ0n) is 11.7. The maximum atomic E-state index is 11.8. The van der Waals surface area contributed by atoms with Gasteiger partial charge in [0.15, 0.2) is 0 Å². The number of nitrogens with zero attached hydrogens (tertiary/aromatic N) is 3. The van der Waals surface area contributed by atoms with Crippen LogP contribution in [0.1, 0.15) is 30.8 Å². The number of carbonyl (C=O) groups excluding carboxylic acids is 1. The fraction of sp³-hybridized carbons (Fsp3) is 0.643. The molecule has 1 N–H and O–H groups in total. The minimum Gasteiger partial charge on any atom is -0.349 e. The largest absolute Gasteiger partial charge is 0.349 e. The summed E-state index contributed by atoms with van der Waals surface area (Å²) in [7, 11) is 0. The van der Waals surface area contributed by atoms with Crippen molar-refractivity contribution in [1.82, 2.24) is 20.2 Å². The Bertz CT molecular complexity index is 399. The topological polar surface area (TPSA) is 58.1 Å². The highest BCUT2D eigenvalue weighted by Gasteiger charge is 2.21. The lowest BCUT2D eigenvalue weighted by Crippen LogP contribution is -2.43. The fourth-order valence-corrected chi connectivity index (χ4v) is 2.81. The molecule has 5 heteroatoms. The molecule has 1 aliphatic rings. The second-order valence-electron chi connectivity index (χ2n) is 5.55. The Kier molecular flexibility index (Phi) is 4.85. The Morgan fingerprint density at radius 3 is 2.74 bits per heavy atom. The molecule has 1 aliphatic heterocycles. The third-order valence-electron chi connectivity index (χ3n) is 3.45. The number of hydrogen-bond donors (Lipinski definition) is 1. The molecule has 2 atom stereocenters. The van der Waals surface area contributed by atoms with Crippen molar-refractivity contribution in [2.24, 2.45) is 11.8 Å². The summed E-state index contributed by atoms with van der Waals surface area (Å²) in [5, 5.41) is 2.89. The lowest BCUT2D eigenvalue weighted by atomic mass is 9.92. The van der Waals surface area contributed by atoms with E-state index in [1.165, 1.54) is 18.8 Å². The van der Waals surface area contributed by atoms with Crippen LogP contribution in [0.25, 0.3) is 0 Å². The van der Waals surface area contributed by atoms with Crippen LogP contribution in [0.2, 0.25) is 0 Å². The number of amides is 1. The van der Waals surface area contributed by atoms with Crippen LogP contribution < -0.4 is 5.32 Å².